The summed E-state index contributed by atoms with van der Waals surface area (Å²) in [6.45, 7) is 2.00. The van der Waals surface area contributed by atoms with E-state index in [4.69, 9.17) is 9.47 Å². The molecule has 0 radical (unpaired) electrons. The summed E-state index contributed by atoms with van der Waals surface area (Å²) in [5.74, 6) is -1.09. The SMILES string of the molecule is CCOC(=O)[C@H]1C[C@H]2O[C@@H]1C(=O)CCCCCCC2=O. The Morgan fingerprint density at radius 2 is 1.80 bits per heavy atom. The molecule has 112 valence electrons. The minimum atomic E-state index is -0.791. The van der Waals surface area contributed by atoms with Crippen LogP contribution in [-0.4, -0.2) is 36.4 Å². The van der Waals surface area contributed by atoms with Gasteiger partial charge in [-0.1, -0.05) is 12.8 Å². The molecule has 2 fully saturated rings. The van der Waals surface area contributed by atoms with E-state index >= 15 is 0 Å². The number of esters is 1. The zero-order valence-electron chi connectivity index (χ0n) is 11.9. The van der Waals surface area contributed by atoms with Crippen molar-refractivity contribution in [3.8, 4) is 0 Å². The van der Waals surface area contributed by atoms with Gasteiger partial charge < -0.3 is 9.47 Å². The van der Waals surface area contributed by atoms with E-state index in [0.717, 1.165) is 25.7 Å². The number of carbonyl (C=O) groups excluding carboxylic acids is 3. The molecular formula is C15H22O5. The predicted octanol–water partition coefficient (Wildman–Crippen LogP) is 1.82. The second kappa shape index (κ2) is 6.97. The first-order valence-corrected chi connectivity index (χ1v) is 7.51. The molecular weight excluding hydrogens is 260 g/mol. The molecule has 20 heavy (non-hydrogen) atoms. The molecule has 2 saturated heterocycles. The molecule has 2 rings (SSSR count). The highest BCUT2D eigenvalue weighted by Gasteiger charge is 2.46. The fourth-order valence-corrected chi connectivity index (χ4v) is 2.91. The molecule has 0 amide bonds. The van der Waals surface area contributed by atoms with Crippen molar-refractivity contribution in [3.05, 3.63) is 0 Å². The highest BCUT2D eigenvalue weighted by molar-refractivity contribution is 5.92. The van der Waals surface area contributed by atoms with E-state index in [9.17, 15) is 14.4 Å². The van der Waals surface area contributed by atoms with Crippen LogP contribution in [0.5, 0.6) is 0 Å². The molecule has 5 heteroatoms. The monoisotopic (exact) mass is 282 g/mol. The third-order valence-corrected chi connectivity index (χ3v) is 4.01. The van der Waals surface area contributed by atoms with Gasteiger partial charge in [0.2, 0.25) is 0 Å². The van der Waals surface area contributed by atoms with E-state index in [-0.39, 0.29) is 24.6 Å². The van der Waals surface area contributed by atoms with Gasteiger partial charge in [-0.3, -0.25) is 14.4 Å². The van der Waals surface area contributed by atoms with E-state index in [1.54, 1.807) is 6.92 Å². The molecule has 0 saturated carbocycles. The normalized spacial score (nSPS) is 31.8. The maximum absolute atomic E-state index is 12.2. The Kier molecular flexibility index (Phi) is 5.29. The van der Waals surface area contributed by atoms with Gasteiger partial charge in [0.25, 0.3) is 0 Å². The van der Waals surface area contributed by atoms with Gasteiger partial charge in [0.1, 0.15) is 12.2 Å². The van der Waals surface area contributed by atoms with E-state index in [2.05, 4.69) is 0 Å². The summed E-state index contributed by atoms with van der Waals surface area (Å²) in [6, 6.07) is 0. The van der Waals surface area contributed by atoms with Gasteiger partial charge in [0.05, 0.1) is 12.5 Å². The van der Waals surface area contributed by atoms with Crippen LogP contribution < -0.4 is 0 Å². The quantitative estimate of drug-likeness (QED) is 0.722. The minimum Gasteiger partial charge on any atom is -0.466 e. The third-order valence-electron chi connectivity index (χ3n) is 4.01. The lowest BCUT2D eigenvalue weighted by Gasteiger charge is -2.15. The van der Waals surface area contributed by atoms with Gasteiger partial charge >= 0.3 is 5.97 Å². The van der Waals surface area contributed by atoms with Gasteiger partial charge in [-0.25, -0.2) is 0 Å². The van der Waals surface area contributed by atoms with E-state index < -0.39 is 24.1 Å². The summed E-state index contributed by atoms with van der Waals surface area (Å²) in [4.78, 5) is 36.2. The van der Waals surface area contributed by atoms with Gasteiger partial charge in [-0.05, 0) is 26.2 Å². The maximum atomic E-state index is 12.2. The van der Waals surface area contributed by atoms with Crippen LogP contribution in [-0.2, 0) is 23.9 Å². The van der Waals surface area contributed by atoms with E-state index in [1.165, 1.54) is 0 Å². The number of hydrogen-bond acceptors (Lipinski definition) is 5. The average molecular weight is 282 g/mol. The molecule has 2 bridgehead atoms. The van der Waals surface area contributed by atoms with Crippen molar-refractivity contribution in [1.29, 1.82) is 0 Å². The third kappa shape index (κ3) is 3.45. The molecule has 0 aliphatic carbocycles. The zero-order chi connectivity index (χ0) is 14.5. The molecule has 0 N–H and O–H groups in total. The Labute approximate surface area is 119 Å². The second-order valence-corrected chi connectivity index (χ2v) is 5.49. The first-order chi connectivity index (χ1) is 9.63. The molecule has 0 aromatic heterocycles. The lowest BCUT2D eigenvalue weighted by atomic mass is 9.92. The summed E-state index contributed by atoms with van der Waals surface area (Å²) in [5.41, 5.74) is 0. The molecule has 2 aliphatic heterocycles. The van der Waals surface area contributed by atoms with E-state index in [0.29, 0.717) is 12.8 Å². The van der Waals surface area contributed by atoms with Gasteiger partial charge in [-0.2, -0.15) is 0 Å². The highest BCUT2D eigenvalue weighted by Crippen LogP contribution is 2.31. The van der Waals surface area contributed by atoms with Crippen molar-refractivity contribution in [3.63, 3.8) is 0 Å². The Morgan fingerprint density at radius 3 is 2.45 bits per heavy atom. The fourth-order valence-electron chi connectivity index (χ4n) is 2.91. The van der Waals surface area contributed by atoms with Crippen LogP contribution in [0.15, 0.2) is 0 Å². The van der Waals surface area contributed by atoms with Gasteiger partial charge in [0.15, 0.2) is 11.6 Å². The molecule has 0 aromatic carbocycles. The van der Waals surface area contributed by atoms with Crippen LogP contribution in [0.3, 0.4) is 0 Å². The second-order valence-electron chi connectivity index (χ2n) is 5.49. The van der Waals surface area contributed by atoms with Crippen molar-refractivity contribution >= 4 is 17.5 Å². The number of hydrogen-bond donors (Lipinski definition) is 0. The van der Waals surface area contributed by atoms with Crippen LogP contribution in [0.25, 0.3) is 0 Å². The van der Waals surface area contributed by atoms with Gasteiger partial charge in [-0.15, -0.1) is 0 Å². The number of fused-ring (bicyclic) bond motifs is 2. The highest BCUT2D eigenvalue weighted by atomic mass is 16.5. The van der Waals surface area contributed by atoms with Crippen LogP contribution in [0, 0.1) is 5.92 Å². The smallest absolute Gasteiger partial charge is 0.312 e. The maximum Gasteiger partial charge on any atom is 0.312 e. The molecule has 5 nitrogen and oxygen atoms in total. The Bertz CT molecular complexity index is 388. The molecule has 2 heterocycles. The first-order valence-electron chi connectivity index (χ1n) is 7.51. The standard InChI is InChI=1S/C15H22O5/c1-2-19-15(18)10-9-13-11(16)7-5-3-4-6-8-12(17)14(10)20-13/h10,13-14H,2-9H2,1H3/t10-,13+,14-/m0/s1. The summed E-state index contributed by atoms with van der Waals surface area (Å²) in [7, 11) is 0. The number of Topliss-reactive ketones (excluding diaryl/α,β-unsaturated/α-hetero) is 2. The molecule has 3 atom stereocenters. The first kappa shape index (κ1) is 15.2. The van der Waals surface area contributed by atoms with Crippen LogP contribution in [0.1, 0.15) is 51.9 Å². The molecule has 0 aromatic rings. The van der Waals surface area contributed by atoms with Crippen molar-refractivity contribution in [2.45, 2.75) is 64.1 Å². The van der Waals surface area contributed by atoms with Crippen molar-refractivity contribution in [2.24, 2.45) is 5.92 Å². The summed E-state index contributed by atoms with van der Waals surface area (Å²) in [6.07, 6.45) is 3.32. The van der Waals surface area contributed by atoms with Crippen molar-refractivity contribution in [1.82, 2.24) is 0 Å². The summed E-state index contributed by atoms with van der Waals surface area (Å²) < 4.78 is 10.6. The lowest BCUT2D eigenvalue weighted by molar-refractivity contribution is -0.153. The van der Waals surface area contributed by atoms with Crippen LogP contribution in [0.4, 0.5) is 0 Å². The number of ketones is 2. The van der Waals surface area contributed by atoms with E-state index in [1.807, 2.05) is 0 Å². The average Bonchev–Trinajstić information content (AvgIpc) is 2.86. The number of ether oxygens (including phenoxy) is 2. The Morgan fingerprint density at radius 1 is 1.15 bits per heavy atom. The number of rotatable bonds is 2. The lowest BCUT2D eigenvalue weighted by Crippen LogP contribution is -2.33. The Hall–Kier alpha value is -1.23. The van der Waals surface area contributed by atoms with Crippen LogP contribution in [0.2, 0.25) is 0 Å². The van der Waals surface area contributed by atoms with Crippen molar-refractivity contribution < 1.29 is 23.9 Å². The zero-order valence-corrected chi connectivity index (χ0v) is 11.9. The van der Waals surface area contributed by atoms with Crippen LogP contribution >= 0.6 is 0 Å². The summed E-state index contributed by atoms with van der Waals surface area (Å²) >= 11 is 0. The predicted molar refractivity (Wildman–Crippen MR) is 71.1 cm³/mol. The summed E-state index contributed by atoms with van der Waals surface area (Å²) in [5, 5.41) is 0. The Balaban J connectivity index is 2.13. The van der Waals surface area contributed by atoms with Gasteiger partial charge in [0, 0.05) is 12.8 Å². The topological polar surface area (TPSA) is 69.7 Å². The number of carbonyl (C=O) groups is 3. The van der Waals surface area contributed by atoms with Crippen molar-refractivity contribution in [2.75, 3.05) is 6.61 Å². The molecule has 0 spiro atoms. The molecule has 0 unspecified atom stereocenters. The molecule has 2 aliphatic rings. The fraction of sp³-hybridized carbons (Fsp3) is 0.800. The minimum absolute atomic E-state index is 0.0106. The largest absolute Gasteiger partial charge is 0.466 e.